The van der Waals surface area contributed by atoms with E-state index in [0.29, 0.717) is 11.5 Å². The van der Waals surface area contributed by atoms with Gasteiger partial charge in [0.2, 0.25) is 5.91 Å². The van der Waals surface area contributed by atoms with E-state index in [9.17, 15) is 4.79 Å². The molecule has 2 aromatic carbocycles. The maximum absolute atomic E-state index is 12.1. The number of hydrogen-bond donors (Lipinski definition) is 1. The molecule has 4 nitrogen and oxygen atoms in total. The molecule has 0 fully saturated rings. The second-order valence-corrected chi connectivity index (χ2v) is 5.20. The monoisotopic (exact) mass is 311 g/mol. The smallest absolute Gasteiger partial charge is 0.248 e. The van der Waals surface area contributed by atoms with E-state index in [1.165, 1.54) is 6.08 Å². The van der Waals surface area contributed by atoms with Gasteiger partial charge in [0, 0.05) is 11.8 Å². The molecule has 4 heteroatoms. The lowest BCUT2D eigenvalue weighted by molar-refractivity contribution is -0.111. The first-order valence-electron chi connectivity index (χ1n) is 7.32. The lowest BCUT2D eigenvalue weighted by Gasteiger charge is -2.10. The standard InChI is InChI=1S/C19H21NO3/c1-13-6-5-7-14(2)19(13)20-18(21)11-9-15-8-10-16(22-3)17(12-15)23-4/h5-12H,1-4H3,(H,20,21). The summed E-state index contributed by atoms with van der Waals surface area (Å²) in [4.78, 5) is 12.1. The molecule has 120 valence electrons. The average molecular weight is 311 g/mol. The van der Waals surface area contributed by atoms with Crippen LogP contribution >= 0.6 is 0 Å². The van der Waals surface area contributed by atoms with Crippen molar-refractivity contribution in [2.24, 2.45) is 0 Å². The summed E-state index contributed by atoms with van der Waals surface area (Å²) in [5.74, 6) is 1.12. The van der Waals surface area contributed by atoms with Crippen LogP contribution in [0.1, 0.15) is 16.7 Å². The van der Waals surface area contributed by atoms with Gasteiger partial charge in [0.05, 0.1) is 14.2 Å². The van der Waals surface area contributed by atoms with E-state index in [-0.39, 0.29) is 5.91 Å². The summed E-state index contributed by atoms with van der Waals surface area (Å²) in [5.41, 5.74) is 3.80. The summed E-state index contributed by atoms with van der Waals surface area (Å²) in [5, 5.41) is 2.92. The lowest BCUT2D eigenvalue weighted by Crippen LogP contribution is -2.10. The predicted octanol–water partition coefficient (Wildman–Crippen LogP) is 3.97. The Kier molecular flexibility index (Phi) is 5.41. The van der Waals surface area contributed by atoms with Gasteiger partial charge >= 0.3 is 0 Å². The Hall–Kier alpha value is -2.75. The van der Waals surface area contributed by atoms with E-state index in [2.05, 4.69) is 5.32 Å². The number of methoxy groups -OCH3 is 2. The van der Waals surface area contributed by atoms with E-state index < -0.39 is 0 Å². The third-order valence-corrected chi connectivity index (χ3v) is 3.56. The van der Waals surface area contributed by atoms with Crippen molar-refractivity contribution in [3.63, 3.8) is 0 Å². The Morgan fingerprint density at radius 2 is 1.65 bits per heavy atom. The fourth-order valence-electron chi connectivity index (χ4n) is 2.30. The van der Waals surface area contributed by atoms with Crippen molar-refractivity contribution in [1.29, 1.82) is 0 Å². The second kappa shape index (κ2) is 7.49. The molecule has 0 saturated carbocycles. The van der Waals surface area contributed by atoms with Crippen LogP contribution in [0.5, 0.6) is 11.5 Å². The predicted molar refractivity (Wildman–Crippen MR) is 93.1 cm³/mol. The number of rotatable bonds is 5. The van der Waals surface area contributed by atoms with Crippen molar-refractivity contribution in [2.75, 3.05) is 19.5 Å². The van der Waals surface area contributed by atoms with Crippen LogP contribution in [0.25, 0.3) is 6.08 Å². The van der Waals surface area contributed by atoms with Crippen molar-refractivity contribution in [3.8, 4) is 11.5 Å². The first-order valence-corrected chi connectivity index (χ1v) is 7.32. The van der Waals surface area contributed by atoms with Gasteiger partial charge in [-0.2, -0.15) is 0 Å². The molecule has 0 saturated heterocycles. The molecule has 0 aliphatic rings. The first-order chi connectivity index (χ1) is 11.0. The molecule has 0 aliphatic carbocycles. The summed E-state index contributed by atoms with van der Waals surface area (Å²) >= 11 is 0. The minimum atomic E-state index is -0.169. The number of para-hydroxylation sites is 1. The summed E-state index contributed by atoms with van der Waals surface area (Å²) in [6, 6.07) is 11.4. The van der Waals surface area contributed by atoms with Crippen molar-refractivity contribution < 1.29 is 14.3 Å². The van der Waals surface area contributed by atoms with E-state index in [1.54, 1.807) is 20.3 Å². The minimum absolute atomic E-state index is 0.169. The summed E-state index contributed by atoms with van der Waals surface area (Å²) in [6.07, 6.45) is 3.25. The number of ether oxygens (including phenoxy) is 2. The zero-order chi connectivity index (χ0) is 16.8. The highest BCUT2D eigenvalue weighted by Gasteiger charge is 2.05. The van der Waals surface area contributed by atoms with Crippen molar-refractivity contribution >= 4 is 17.7 Å². The van der Waals surface area contributed by atoms with Crippen LogP contribution in [0.2, 0.25) is 0 Å². The Balaban J connectivity index is 2.12. The highest BCUT2D eigenvalue weighted by molar-refractivity contribution is 6.02. The molecule has 0 unspecified atom stereocenters. The van der Waals surface area contributed by atoms with Crippen LogP contribution in [0.15, 0.2) is 42.5 Å². The number of nitrogens with one attached hydrogen (secondary N) is 1. The fourth-order valence-corrected chi connectivity index (χ4v) is 2.30. The van der Waals surface area contributed by atoms with E-state index in [1.807, 2.05) is 50.2 Å². The van der Waals surface area contributed by atoms with Gasteiger partial charge in [0.15, 0.2) is 11.5 Å². The van der Waals surface area contributed by atoms with Crippen LogP contribution < -0.4 is 14.8 Å². The Morgan fingerprint density at radius 3 is 2.26 bits per heavy atom. The number of benzene rings is 2. The van der Waals surface area contributed by atoms with E-state index >= 15 is 0 Å². The first kappa shape index (κ1) is 16.6. The van der Waals surface area contributed by atoms with Gasteiger partial charge in [-0.15, -0.1) is 0 Å². The van der Waals surface area contributed by atoms with Crippen LogP contribution in [-0.2, 0) is 4.79 Å². The highest BCUT2D eigenvalue weighted by atomic mass is 16.5. The zero-order valence-corrected chi connectivity index (χ0v) is 13.8. The molecule has 2 rings (SSSR count). The summed E-state index contributed by atoms with van der Waals surface area (Å²) in [6.45, 7) is 3.95. The number of amides is 1. The summed E-state index contributed by atoms with van der Waals surface area (Å²) in [7, 11) is 3.17. The molecule has 0 atom stereocenters. The molecule has 1 amide bonds. The lowest BCUT2D eigenvalue weighted by atomic mass is 10.1. The molecular weight excluding hydrogens is 290 g/mol. The van der Waals surface area contributed by atoms with Crippen molar-refractivity contribution in [1.82, 2.24) is 0 Å². The summed E-state index contributed by atoms with van der Waals surface area (Å²) < 4.78 is 10.4. The van der Waals surface area contributed by atoms with Crippen LogP contribution in [0, 0.1) is 13.8 Å². The number of carbonyl (C=O) groups is 1. The normalized spacial score (nSPS) is 10.6. The topological polar surface area (TPSA) is 47.6 Å². The van der Waals surface area contributed by atoms with Gasteiger partial charge in [-0.25, -0.2) is 0 Å². The van der Waals surface area contributed by atoms with Gasteiger partial charge < -0.3 is 14.8 Å². The van der Waals surface area contributed by atoms with Crippen LogP contribution in [-0.4, -0.2) is 20.1 Å². The maximum atomic E-state index is 12.1. The number of hydrogen-bond acceptors (Lipinski definition) is 3. The molecule has 0 radical (unpaired) electrons. The van der Waals surface area contributed by atoms with Crippen LogP contribution in [0.4, 0.5) is 5.69 Å². The number of aryl methyl sites for hydroxylation is 2. The van der Waals surface area contributed by atoms with E-state index in [0.717, 1.165) is 22.4 Å². The fraction of sp³-hybridized carbons (Fsp3) is 0.211. The third kappa shape index (κ3) is 4.13. The van der Waals surface area contributed by atoms with Gasteiger partial charge in [-0.3, -0.25) is 4.79 Å². The molecule has 0 aromatic heterocycles. The quantitative estimate of drug-likeness (QED) is 0.850. The van der Waals surface area contributed by atoms with Gasteiger partial charge in [0.25, 0.3) is 0 Å². The molecule has 1 N–H and O–H groups in total. The van der Waals surface area contributed by atoms with Gasteiger partial charge in [-0.05, 0) is 48.7 Å². The molecule has 23 heavy (non-hydrogen) atoms. The average Bonchev–Trinajstić information content (AvgIpc) is 2.56. The van der Waals surface area contributed by atoms with Crippen molar-refractivity contribution in [3.05, 3.63) is 59.2 Å². The molecule has 0 heterocycles. The maximum Gasteiger partial charge on any atom is 0.248 e. The van der Waals surface area contributed by atoms with Crippen LogP contribution in [0.3, 0.4) is 0 Å². The number of carbonyl (C=O) groups excluding carboxylic acids is 1. The Bertz CT molecular complexity index is 715. The van der Waals surface area contributed by atoms with Gasteiger partial charge in [-0.1, -0.05) is 24.3 Å². The number of anilines is 1. The molecular formula is C19H21NO3. The van der Waals surface area contributed by atoms with Gasteiger partial charge in [0.1, 0.15) is 0 Å². The Labute approximate surface area is 136 Å². The second-order valence-electron chi connectivity index (χ2n) is 5.20. The van der Waals surface area contributed by atoms with Crippen molar-refractivity contribution in [2.45, 2.75) is 13.8 Å². The third-order valence-electron chi connectivity index (χ3n) is 3.56. The SMILES string of the molecule is COc1ccc(C=CC(=O)Nc2c(C)cccc2C)cc1OC. The van der Waals surface area contributed by atoms with E-state index in [4.69, 9.17) is 9.47 Å². The molecule has 0 aliphatic heterocycles. The molecule has 2 aromatic rings. The Morgan fingerprint density at radius 1 is 1.00 bits per heavy atom. The minimum Gasteiger partial charge on any atom is -0.493 e. The molecule has 0 bridgehead atoms. The molecule has 0 spiro atoms. The largest absolute Gasteiger partial charge is 0.493 e. The zero-order valence-electron chi connectivity index (χ0n) is 13.8. The highest BCUT2D eigenvalue weighted by Crippen LogP contribution is 2.28.